The van der Waals surface area contributed by atoms with Crippen molar-refractivity contribution in [2.45, 2.75) is 19.3 Å². The van der Waals surface area contributed by atoms with Crippen LogP contribution in [0.15, 0.2) is 94.2 Å². The number of pyridine rings is 1. The van der Waals surface area contributed by atoms with Crippen molar-refractivity contribution in [3.8, 4) is 17.6 Å². The molecule has 7 heteroatoms. The topological polar surface area (TPSA) is 70.3 Å². The predicted molar refractivity (Wildman–Crippen MR) is 135 cm³/mol. The third-order valence-corrected chi connectivity index (χ3v) is 5.85. The summed E-state index contributed by atoms with van der Waals surface area (Å²) < 4.78 is 6.60. The maximum Gasteiger partial charge on any atom is 0.157 e. The Bertz CT molecular complexity index is 1280. The van der Waals surface area contributed by atoms with Gasteiger partial charge < -0.3 is 10.1 Å². The van der Waals surface area contributed by atoms with Crippen molar-refractivity contribution >= 4 is 39.2 Å². The minimum absolute atomic E-state index is 0.275. The molecular formula is C26H20BrClN4O. The van der Waals surface area contributed by atoms with E-state index in [1.807, 2.05) is 12.1 Å². The maximum atomic E-state index is 9.40. The molecule has 0 unspecified atom stereocenters. The van der Waals surface area contributed by atoms with E-state index < -0.39 is 0 Å². The number of hydrogen-bond donors (Lipinski definition) is 1. The quantitative estimate of drug-likeness (QED) is 0.372. The average molecular weight is 520 g/mol. The number of hydrogen-bond acceptors (Lipinski definition) is 4. The monoisotopic (exact) mass is 518 g/mol. The third kappa shape index (κ3) is 6.10. The molecule has 2 aromatic carbocycles. The summed E-state index contributed by atoms with van der Waals surface area (Å²) in [5.41, 5.74) is 2.69. The normalized spacial score (nSPS) is 14.2. The van der Waals surface area contributed by atoms with Crippen LogP contribution in [0.25, 0.3) is 0 Å². The summed E-state index contributed by atoms with van der Waals surface area (Å²) in [6.45, 7) is 0. The zero-order chi connectivity index (χ0) is 23.0. The van der Waals surface area contributed by atoms with E-state index in [-0.39, 0.29) is 5.56 Å². The molecule has 3 aromatic rings. The minimum atomic E-state index is 0.275. The van der Waals surface area contributed by atoms with Gasteiger partial charge in [-0.25, -0.2) is 9.98 Å². The molecular weight excluding hydrogens is 500 g/mol. The van der Waals surface area contributed by atoms with Crippen LogP contribution in [0.4, 0.5) is 5.82 Å². The minimum Gasteiger partial charge on any atom is -0.455 e. The number of halogens is 2. The maximum absolute atomic E-state index is 9.40. The number of aryl methyl sites for hydroxylation is 1. The molecule has 0 atom stereocenters. The van der Waals surface area contributed by atoms with Gasteiger partial charge in [-0.15, -0.1) is 0 Å². The predicted octanol–water partition coefficient (Wildman–Crippen LogP) is 7.26. The molecule has 2 heterocycles. The molecule has 164 valence electrons. The van der Waals surface area contributed by atoms with Gasteiger partial charge in [-0.2, -0.15) is 5.26 Å². The van der Waals surface area contributed by atoms with Gasteiger partial charge in [0.15, 0.2) is 5.82 Å². The molecule has 0 saturated heterocycles. The van der Waals surface area contributed by atoms with Gasteiger partial charge in [-0.1, -0.05) is 60.2 Å². The van der Waals surface area contributed by atoms with E-state index in [9.17, 15) is 5.26 Å². The fourth-order valence-electron chi connectivity index (χ4n) is 3.29. The Balaban J connectivity index is 1.52. The molecule has 0 spiro atoms. The molecule has 1 N–H and O–H groups in total. The highest BCUT2D eigenvalue weighted by Gasteiger charge is 2.12. The molecule has 33 heavy (non-hydrogen) atoms. The molecule has 5 nitrogen and oxygen atoms in total. The number of rotatable bonds is 6. The molecule has 0 radical (unpaired) electrons. The van der Waals surface area contributed by atoms with E-state index in [1.54, 1.807) is 30.5 Å². The Kier molecular flexibility index (Phi) is 7.56. The van der Waals surface area contributed by atoms with Crippen LogP contribution in [0, 0.1) is 11.3 Å². The summed E-state index contributed by atoms with van der Waals surface area (Å²) in [6.07, 6.45) is 10.5. The van der Waals surface area contributed by atoms with Crippen LogP contribution in [0.3, 0.4) is 0 Å². The van der Waals surface area contributed by atoms with Crippen molar-refractivity contribution in [3.63, 3.8) is 0 Å². The van der Waals surface area contributed by atoms with Crippen LogP contribution in [-0.2, 0) is 6.42 Å². The number of benzene rings is 2. The molecule has 0 saturated carbocycles. The lowest BCUT2D eigenvalue weighted by atomic mass is 10.1. The van der Waals surface area contributed by atoms with Crippen LogP contribution in [-0.4, -0.2) is 10.8 Å². The Morgan fingerprint density at radius 1 is 1.12 bits per heavy atom. The second-order valence-corrected chi connectivity index (χ2v) is 8.54. The molecule has 4 rings (SSSR count). The lowest BCUT2D eigenvalue weighted by molar-refractivity contribution is 0.477. The van der Waals surface area contributed by atoms with Crippen molar-refractivity contribution in [2.75, 3.05) is 0 Å². The number of nitrogens with zero attached hydrogens (tertiary/aromatic N) is 3. The van der Waals surface area contributed by atoms with Crippen molar-refractivity contribution in [3.05, 3.63) is 105 Å². The first-order chi connectivity index (χ1) is 16.1. The van der Waals surface area contributed by atoms with Crippen molar-refractivity contribution in [1.29, 1.82) is 5.26 Å². The van der Waals surface area contributed by atoms with Gasteiger partial charge in [-0.05, 0) is 59.0 Å². The SMILES string of the molecule is N#Cc1c(Cl)cccc1Oc1cc(N=C2C=CCC=C(CCc3ccccc3)N2)ncc1Br. The first-order valence-corrected chi connectivity index (χ1v) is 11.6. The summed E-state index contributed by atoms with van der Waals surface area (Å²) >= 11 is 9.57. The summed E-state index contributed by atoms with van der Waals surface area (Å²) in [4.78, 5) is 9.05. The lowest BCUT2D eigenvalue weighted by Crippen LogP contribution is -2.20. The molecule has 0 bridgehead atoms. The average Bonchev–Trinajstić information content (AvgIpc) is 3.06. The standard InChI is InChI=1S/C26H20BrClN4O/c27-21-17-30-26(15-24(21)33-23-11-6-10-22(28)20(23)16-29)32-25-12-5-4-9-19(31-25)14-13-18-7-2-1-3-8-18/h1-3,5-12,15,17H,4,13-14H2,(H,30,31,32). The summed E-state index contributed by atoms with van der Waals surface area (Å²) in [6, 6.07) is 19.3. The van der Waals surface area contributed by atoms with Gasteiger partial charge in [0.2, 0.25) is 0 Å². The third-order valence-electron chi connectivity index (χ3n) is 4.94. The molecule has 1 aromatic heterocycles. The van der Waals surface area contributed by atoms with E-state index >= 15 is 0 Å². The molecule has 0 fully saturated rings. The highest BCUT2D eigenvalue weighted by Crippen LogP contribution is 2.35. The number of aromatic nitrogens is 1. The number of amidine groups is 1. The smallest absolute Gasteiger partial charge is 0.157 e. The number of aliphatic imine (C=N–C) groups is 1. The van der Waals surface area contributed by atoms with Crippen molar-refractivity contribution in [2.24, 2.45) is 4.99 Å². The molecule has 0 amide bonds. The first kappa shape index (κ1) is 22.8. The Hall–Kier alpha value is -3.40. The second kappa shape index (κ2) is 11.0. The van der Waals surface area contributed by atoms with Crippen LogP contribution >= 0.6 is 27.5 Å². The summed E-state index contributed by atoms with van der Waals surface area (Å²) in [5.74, 6) is 2.04. The van der Waals surface area contributed by atoms with E-state index in [4.69, 9.17) is 16.3 Å². The van der Waals surface area contributed by atoms with E-state index in [0.717, 1.165) is 25.0 Å². The molecule has 0 aliphatic carbocycles. The zero-order valence-corrected chi connectivity index (χ0v) is 20.0. The van der Waals surface area contributed by atoms with Gasteiger partial charge in [-0.3, -0.25) is 0 Å². The molecule has 1 aliphatic heterocycles. The fourth-order valence-corrected chi connectivity index (χ4v) is 3.80. The Labute approximate surface area is 206 Å². The van der Waals surface area contributed by atoms with Crippen LogP contribution < -0.4 is 10.1 Å². The Morgan fingerprint density at radius 2 is 1.97 bits per heavy atom. The van der Waals surface area contributed by atoms with Gasteiger partial charge in [0.25, 0.3) is 0 Å². The van der Waals surface area contributed by atoms with E-state index in [0.29, 0.717) is 32.6 Å². The largest absolute Gasteiger partial charge is 0.455 e. The van der Waals surface area contributed by atoms with Crippen molar-refractivity contribution < 1.29 is 4.74 Å². The van der Waals surface area contributed by atoms with E-state index in [2.05, 4.69) is 73.7 Å². The summed E-state index contributed by atoms with van der Waals surface area (Å²) in [7, 11) is 0. The first-order valence-electron chi connectivity index (χ1n) is 10.4. The second-order valence-electron chi connectivity index (χ2n) is 7.27. The number of nitrogens with one attached hydrogen (secondary N) is 1. The highest BCUT2D eigenvalue weighted by atomic mass is 79.9. The van der Waals surface area contributed by atoms with Gasteiger partial charge in [0.1, 0.15) is 29.0 Å². The Morgan fingerprint density at radius 3 is 2.79 bits per heavy atom. The van der Waals surface area contributed by atoms with Gasteiger partial charge in [0.05, 0.1) is 9.50 Å². The van der Waals surface area contributed by atoms with Crippen LogP contribution in [0.1, 0.15) is 24.0 Å². The van der Waals surface area contributed by atoms with Gasteiger partial charge in [0, 0.05) is 18.0 Å². The summed E-state index contributed by atoms with van der Waals surface area (Å²) in [5, 5.41) is 13.2. The van der Waals surface area contributed by atoms with Crippen LogP contribution in [0.2, 0.25) is 5.02 Å². The fraction of sp³-hybridized carbons (Fsp3) is 0.115. The number of allylic oxidation sites excluding steroid dienone is 3. The van der Waals surface area contributed by atoms with E-state index in [1.165, 1.54) is 5.56 Å². The lowest BCUT2D eigenvalue weighted by Gasteiger charge is -2.12. The number of ether oxygens (including phenoxy) is 1. The number of nitriles is 1. The van der Waals surface area contributed by atoms with Crippen molar-refractivity contribution in [1.82, 2.24) is 10.3 Å². The highest BCUT2D eigenvalue weighted by molar-refractivity contribution is 9.10. The molecule has 1 aliphatic rings. The van der Waals surface area contributed by atoms with Crippen LogP contribution in [0.5, 0.6) is 11.5 Å². The zero-order valence-electron chi connectivity index (χ0n) is 17.6. The van der Waals surface area contributed by atoms with Gasteiger partial charge >= 0.3 is 0 Å².